The average molecular weight is 337 g/mol. The SMILES string of the molecule is CC1(C)OB(c2cccc(S(=O)(=O)N3CCCC3)c2)OC1(C)C. The van der Waals surface area contributed by atoms with E-state index in [0.717, 1.165) is 18.3 Å². The highest BCUT2D eigenvalue weighted by Gasteiger charge is 2.51. The predicted molar refractivity (Wildman–Crippen MR) is 90.2 cm³/mol. The van der Waals surface area contributed by atoms with Crippen LogP contribution in [-0.4, -0.2) is 44.1 Å². The molecule has 0 saturated carbocycles. The van der Waals surface area contributed by atoms with Crippen LogP contribution in [0.15, 0.2) is 29.2 Å². The highest BCUT2D eigenvalue weighted by Crippen LogP contribution is 2.36. The van der Waals surface area contributed by atoms with Crippen molar-refractivity contribution < 1.29 is 17.7 Å². The van der Waals surface area contributed by atoms with Crippen molar-refractivity contribution in [3.05, 3.63) is 24.3 Å². The zero-order valence-electron chi connectivity index (χ0n) is 14.2. The molecule has 0 amide bonds. The lowest BCUT2D eigenvalue weighted by molar-refractivity contribution is 0.00578. The highest BCUT2D eigenvalue weighted by molar-refractivity contribution is 7.89. The lowest BCUT2D eigenvalue weighted by atomic mass is 9.79. The zero-order valence-corrected chi connectivity index (χ0v) is 15.0. The Labute approximate surface area is 139 Å². The number of sulfonamides is 1. The van der Waals surface area contributed by atoms with Crippen molar-refractivity contribution in [1.82, 2.24) is 4.31 Å². The summed E-state index contributed by atoms with van der Waals surface area (Å²) in [6, 6.07) is 6.92. The Morgan fingerprint density at radius 2 is 1.61 bits per heavy atom. The summed E-state index contributed by atoms with van der Waals surface area (Å²) >= 11 is 0. The minimum absolute atomic E-state index is 0.312. The third-order valence-corrected chi connectivity index (χ3v) is 6.98. The fourth-order valence-corrected chi connectivity index (χ4v) is 4.45. The van der Waals surface area contributed by atoms with Gasteiger partial charge in [-0.05, 0) is 58.1 Å². The number of benzene rings is 1. The molecule has 1 aromatic rings. The largest absolute Gasteiger partial charge is 0.494 e. The van der Waals surface area contributed by atoms with Crippen LogP contribution in [0.3, 0.4) is 0 Å². The smallest absolute Gasteiger partial charge is 0.399 e. The Bertz CT molecular complexity index is 680. The van der Waals surface area contributed by atoms with Crippen LogP contribution in [0.4, 0.5) is 0 Å². The van der Waals surface area contributed by atoms with Gasteiger partial charge in [0, 0.05) is 13.1 Å². The van der Waals surface area contributed by atoms with Crippen LogP contribution in [0.25, 0.3) is 0 Å². The molecule has 7 heteroatoms. The van der Waals surface area contributed by atoms with Crippen molar-refractivity contribution in [1.29, 1.82) is 0 Å². The second-order valence-corrected chi connectivity index (χ2v) is 9.21. The summed E-state index contributed by atoms with van der Waals surface area (Å²) in [5.41, 5.74) is -0.146. The van der Waals surface area contributed by atoms with Crippen LogP contribution in [0.2, 0.25) is 0 Å². The summed E-state index contributed by atoms with van der Waals surface area (Å²) in [5.74, 6) is 0. The van der Waals surface area contributed by atoms with E-state index in [9.17, 15) is 8.42 Å². The lowest BCUT2D eigenvalue weighted by Gasteiger charge is -2.32. The quantitative estimate of drug-likeness (QED) is 0.789. The van der Waals surface area contributed by atoms with Crippen LogP contribution in [0.1, 0.15) is 40.5 Å². The third-order valence-electron chi connectivity index (χ3n) is 5.09. The monoisotopic (exact) mass is 337 g/mol. The van der Waals surface area contributed by atoms with Crippen LogP contribution in [-0.2, 0) is 19.3 Å². The van der Waals surface area contributed by atoms with Crippen LogP contribution >= 0.6 is 0 Å². The van der Waals surface area contributed by atoms with E-state index in [1.165, 1.54) is 0 Å². The first-order valence-electron chi connectivity index (χ1n) is 8.09. The molecule has 0 unspecified atom stereocenters. The van der Waals surface area contributed by atoms with Gasteiger partial charge in [0.15, 0.2) is 0 Å². The molecule has 0 N–H and O–H groups in total. The second-order valence-electron chi connectivity index (χ2n) is 7.27. The maximum Gasteiger partial charge on any atom is 0.494 e. The van der Waals surface area contributed by atoms with Gasteiger partial charge in [-0.2, -0.15) is 4.31 Å². The maximum absolute atomic E-state index is 12.7. The summed E-state index contributed by atoms with van der Waals surface area (Å²) in [7, 11) is -3.97. The Balaban J connectivity index is 1.90. The molecule has 3 rings (SSSR count). The first-order chi connectivity index (χ1) is 10.6. The van der Waals surface area contributed by atoms with E-state index in [1.807, 2.05) is 33.8 Å². The van der Waals surface area contributed by atoms with Gasteiger partial charge in [0.1, 0.15) is 0 Å². The lowest BCUT2D eigenvalue weighted by Crippen LogP contribution is -2.41. The summed E-state index contributed by atoms with van der Waals surface area (Å²) in [6.07, 6.45) is 1.85. The second kappa shape index (κ2) is 5.58. The van der Waals surface area contributed by atoms with Crippen molar-refractivity contribution in [3.8, 4) is 0 Å². The molecule has 0 aliphatic carbocycles. The normalized spacial score (nSPS) is 24.3. The van der Waals surface area contributed by atoms with Gasteiger partial charge in [-0.1, -0.05) is 12.1 Å². The number of hydrogen-bond acceptors (Lipinski definition) is 4. The molecule has 0 radical (unpaired) electrons. The van der Waals surface area contributed by atoms with Crippen molar-refractivity contribution >= 4 is 22.6 Å². The fourth-order valence-electron chi connectivity index (χ4n) is 2.88. The summed E-state index contributed by atoms with van der Waals surface area (Å²) in [5, 5.41) is 0. The molecule has 2 saturated heterocycles. The first-order valence-corrected chi connectivity index (χ1v) is 9.53. The van der Waals surface area contributed by atoms with Gasteiger partial charge >= 0.3 is 7.12 Å². The maximum atomic E-state index is 12.7. The van der Waals surface area contributed by atoms with E-state index < -0.39 is 28.3 Å². The summed E-state index contributed by atoms with van der Waals surface area (Å²) < 4.78 is 39.0. The molecular weight excluding hydrogens is 313 g/mol. The Hall–Kier alpha value is -0.885. The van der Waals surface area contributed by atoms with Gasteiger partial charge in [-0.15, -0.1) is 0 Å². The molecule has 2 heterocycles. The van der Waals surface area contributed by atoms with E-state index in [2.05, 4.69) is 0 Å². The van der Waals surface area contributed by atoms with Crippen molar-refractivity contribution in [2.45, 2.75) is 56.6 Å². The van der Waals surface area contributed by atoms with Gasteiger partial charge in [0.25, 0.3) is 0 Å². The molecule has 2 aliphatic rings. The van der Waals surface area contributed by atoms with E-state index in [0.29, 0.717) is 18.0 Å². The molecule has 5 nitrogen and oxygen atoms in total. The standard InChI is InChI=1S/C16H24BNO4S/c1-15(2)16(3,4)22-17(21-15)13-8-7-9-14(12-13)23(19,20)18-10-5-6-11-18/h7-9,12H,5-6,10-11H2,1-4H3. The van der Waals surface area contributed by atoms with Gasteiger partial charge < -0.3 is 9.31 Å². The Morgan fingerprint density at radius 1 is 1.04 bits per heavy atom. The molecule has 0 aromatic heterocycles. The number of nitrogens with zero attached hydrogens (tertiary/aromatic N) is 1. The third kappa shape index (κ3) is 2.95. The molecule has 1 aromatic carbocycles. The van der Waals surface area contributed by atoms with Crippen LogP contribution in [0.5, 0.6) is 0 Å². The molecule has 0 spiro atoms. The molecule has 23 heavy (non-hydrogen) atoms. The van der Waals surface area contributed by atoms with E-state index in [1.54, 1.807) is 22.5 Å². The first kappa shape index (κ1) is 17.0. The number of hydrogen-bond donors (Lipinski definition) is 0. The molecule has 0 bridgehead atoms. The summed E-state index contributed by atoms with van der Waals surface area (Å²) in [4.78, 5) is 0.312. The molecular formula is C16H24BNO4S. The molecule has 0 atom stereocenters. The van der Waals surface area contributed by atoms with E-state index >= 15 is 0 Å². The van der Waals surface area contributed by atoms with E-state index in [-0.39, 0.29) is 0 Å². The Kier molecular flexibility index (Phi) is 4.12. The van der Waals surface area contributed by atoms with Gasteiger partial charge in [-0.3, -0.25) is 0 Å². The fraction of sp³-hybridized carbons (Fsp3) is 0.625. The van der Waals surface area contributed by atoms with Gasteiger partial charge in [0.2, 0.25) is 10.0 Å². The molecule has 2 fully saturated rings. The van der Waals surface area contributed by atoms with E-state index in [4.69, 9.17) is 9.31 Å². The minimum Gasteiger partial charge on any atom is -0.399 e. The highest BCUT2D eigenvalue weighted by atomic mass is 32.2. The van der Waals surface area contributed by atoms with Crippen LogP contribution < -0.4 is 5.46 Å². The van der Waals surface area contributed by atoms with Crippen molar-refractivity contribution in [3.63, 3.8) is 0 Å². The number of rotatable bonds is 3. The molecule has 2 aliphatic heterocycles. The summed E-state index contributed by atoms with van der Waals surface area (Å²) in [6.45, 7) is 9.14. The van der Waals surface area contributed by atoms with Crippen molar-refractivity contribution in [2.75, 3.05) is 13.1 Å². The van der Waals surface area contributed by atoms with Crippen LogP contribution in [0, 0.1) is 0 Å². The minimum atomic E-state index is -3.43. The average Bonchev–Trinajstić information content (AvgIpc) is 3.07. The van der Waals surface area contributed by atoms with Gasteiger partial charge in [0.05, 0.1) is 16.1 Å². The van der Waals surface area contributed by atoms with Gasteiger partial charge in [-0.25, -0.2) is 8.42 Å². The van der Waals surface area contributed by atoms with Crippen molar-refractivity contribution in [2.24, 2.45) is 0 Å². The zero-order chi connectivity index (χ0) is 16.9. The Morgan fingerprint density at radius 3 is 2.17 bits per heavy atom. The predicted octanol–water partition coefficient (Wildman–Crippen LogP) is 1.77. The molecule has 126 valence electrons. The topological polar surface area (TPSA) is 55.8 Å².